The van der Waals surface area contributed by atoms with Crippen molar-refractivity contribution in [3.05, 3.63) is 0 Å². The summed E-state index contributed by atoms with van der Waals surface area (Å²) in [7, 11) is 8.14. The molecule has 20 heavy (non-hydrogen) atoms. The Morgan fingerprint density at radius 2 is 1.95 bits per heavy atom. The average Bonchev–Trinajstić information content (AvgIpc) is 2.88. The van der Waals surface area contributed by atoms with E-state index in [2.05, 4.69) is 44.2 Å². The molecule has 0 bridgehead atoms. The van der Waals surface area contributed by atoms with Crippen molar-refractivity contribution in [1.82, 2.24) is 19.9 Å². The Labute approximate surface area is 121 Å². The van der Waals surface area contributed by atoms with Gasteiger partial charge < -0.3 is 20.0 Å². The van der Waals surface area contributed by atoms with Gasteiger partial charge in [-0.2, -0.15) is 15.0 Å². The van der Waals surface area contributed by atoms with E-state index in [9.17, 15) is 0 Å². The first kappa shape index (κ1) is 14.8. The van der Waals surface area contributed by atoms with Crippen LogP contribution in [-0.4, -0.2) is 73.7 Å². The summed E-state index contributed by atoms with van der Waals surface area (Å²) in [5.74, 6) is 2.11. The van der Waals surface area contributed by atoms with Crippen LogP contribution >= 0.6 is 0 Å². The van der Waals surface area contributed by atoms with Crippen LogP contribution < -0.4 is 15.1 Å². The molecule has 1 aromatic rings. The van der Waals surface area contributed by atoms with E-state index in [4.69, 9.17) is 0 Å². The zero-order valence-corrected chi connectivity index (χ0v) is 13.1. The number of anilines is 3. The molecule has 1 unspecified atom stereocenters. The van der Waals surface area contributed by atoms with Crippen LogP contribution in [0.5, 0.6) is 0 Å². The summed E-state index contributed by atoms with van der Waals surface area (Å²) in [6.07, 6.45) is 1.15. The Balaban J connectivity index is 2.22. The summed E-state index contributed by atoms with van der Waals surface area (Å²) >= 11 is 0. The smallest absolute Gasteiger partial charge is 0.232 e. The maximum Gasteiger partial charge on any atom is 0.232 e. The summed E-state index contributed by atoms with van der Waals surface area (Å²) in [5, 5.41) is 3.17. The molecular weight excluding hydrogens is 254 g/mol. The predicted octanol–water partition coefficient (Wildman–Crippen LogP) is 0.510. The van der Waals surface area contributed by atoms with Crippen LogP contribution in [0.25, 0.3) is 0 Å². The Hall–Kier alpha value is -1.63. The zero-order chi connectivity index (χ0) is 14.7. The van der Waals surface area contributed by atoms with E-state index in [0.717, 1.165) is 32.0 Å². The van der Waals surface area contributed by atoms with Crippen molar-refractivity contribution in [3.63, 3.8) is 0 Å². The molecule has 1 atom stereocenters. The van der Waals surface area contributed by atoms with E-state index in [1.165, 1.54) is 0 Å². The van der Waals surface area contributed by atoms with Gasteiger partial charge in [-0.3, -0.25) is 0 Å². The number of likely N-dealkylation sites (N-methyl/N-ethyl adjacent to an activating group) is 1. The second-order valence-corrected chi connectivity index (χ2v) is 5.54. The molecule has 7 heteroatoms. The third kappa shape index (κ3) is 3.27. The van der Waals surface area contributed by atoms with Gasteiger partial charge >= 0.3 is 0 Å². The van der Waals surface area contributed by atoms with Crippen molar-refractivity contribution in [2.75, 3.05) is 62.9 Å². The fourth-order valence-corrected chi connectivity index (χ4v) is 2.28. The molecule has 1 saturated heterocycles. The Kier molecular flexibility index (Phi) is 4.59. The summed E-state index contributed by atoms with van der Waals surface area (Å²) in [5.41, 5.74) is 0. The van der Waals surface area contributed by atoms with E-state index in [1.807, 2.05) is 25.9 Å². The molecule has 0 radical (unpaired) electrons. The molecule has 1 fully saturated rings. The maximum atomic E-state index is 4.56. The van der Waals surface area contributed by atoms with Crippen LogP contribution in [-0.2, 0) is 0 Å². The minimum Gasteiger partial charge on any atom is -0.354 e. The van der Waals surface area contributed by atoms with Crippen LogP contribution in [0.1, 0.15) is 13.3 Å². The quantitative estimate of drug-likeness (QED) is 0.842. The lowest BCUT2D eigenvalue weighted by Gasteiger charge is -2.21. The normalized spacial score (nSPS) is 18.7. The lowest BCUT2D eigenvalue weighted by Crippen LogP contribution is -2.32. The van der Waals surface area contributed by atoms with E-state index < -0.39 is 0 Å². The average molecular weight is 279 g/mol. The molecule has 7 nitrogen and oxygen atoms in total. The standard InChI is InChI=1S/C13H25N7/c1-6-14-11-15-12(19(4)5)17-13(16-11)20-8-7-10(9-20)18(2)3/h10H,6-9H2,1-5H3,(H,14,15,16,17). The van der Waals surface area contributed by atoms with Crippen molar-refractivity contribution in [1.29, 1.82) is 0 Å². The summed E-state index contributed by atoms with van der Waals surface area (Å²) < 4.78 is 0. The fraction of sp³-hybridized carbons (Fsp3) is 0.769. The van der Waals surface area contributed by atoms with Gasteiger partial charge in [-0.25, -0.2) is 0 Å². The van der Waals surface area contributed by atoms with Gasteiger partial charge in [-0.1, -0.05) is 0 Å². The largest absolute Gasteiger partial charge is 0.354 e. The van der Waals surface area contributed by atoms with E-state index in [1.54, 1.807) is 0 Å². The molecule has 2 heterocycles. The Bertz CT molecular complexity index is 446. The highest BCUT2D eigenvalue weighted by Crippen LogP contribution is 2.21. The molecule has 0 spiro atoms. The molecule has 0 aliphatic carbocycles. The second kappa shape index (κ2) is 6.21. The molecule has 0 aromatic carbocycles. The van der Waals surface area contributed by atoms with Crippen molar-refractivity contribution < 1.29 is 0 Å². The fourth-order valence-electron chi connectivity index (χ4n) is 2.28. The third-order valence-electron chi connectivity index (χ3n) is 3.52. The van der Waals surface area contributed by atoms with Gasteiger partial charge in [0.25, 0.3) is 0 Å². The van der Waals surface area contributed by atoms with Crippen molar-refractivity contribution in [2.45, 2.75) is 19.4 Å². The number of hydrogen-bond acceptors (Lipinski definition) is 7. The predicted molar refractivity (Wildman–Crippen MR) is 82.6 cm³/mol. The molecule has 0 saturated carbocycles. The van der Waals surface area contributed by atoms with Crippen molar-refractivity contribution in [2.24, 2.45) is 0 Å². The molecule has 1 aliphatic rings. The molecule has 1 aliphatic heterocycles. The number of rotatable bonds is 5. The van der Waals surface area contributed by atoms with Crippen molar-refractivity contribution in [3.8, 4) is 0 Å². The van der Waals surface area contributed by atoms with Crippen LogP contribution in [0.2, 0.25) is 0 Å². The highest BCUT2D eigenvalue weighted by molar-refractivity contribution is 5.45. The number of nitrogens with one attached hydrogen (secondary N) is 1. The van der Waals surface area contributed by atoms with Gasteiger partial charge in [-0.15, -0.1) is 0 Å². The first-order valence-corrected chi connectivity index (χ1v) is 7.10. The molecular formula is C13H25N7. The number of nitrogens with zero attached hydrogens (tertiary/aromatic N) is 6. The lowest BCUT2D eigenvalue weighted by molar-refractivity contribution is 0.315. The number of aromatic nitrogens is 3. The highest BCUT2D eigenvalue weighted by atomic mass is 15.4. The minimum absolute atomic E-state index is 0.567. The van der Waals surface area contributed by atoms with E-state index in [0.29, 0.717) is 17.9 Å². The van der Waals surface area contributed by atoms with Gasteiger partial charge in [0.15, 0.2) is 0 Å². The lowest BCUT2D eigenvalue weighted by atomic mass is 10.2. The number of hydrogen-bond donors (Lipinski definition) is 1. The first-order valence-electron chi connectivity index (χ1n) is 7.10. The second-order valence-electron chi connectivity index (χ2n) is 5.54. The first-order chi connectivity index (χ1) is 9.51. The molecule has 0 amide bonds. The zero-order valence-electron chi connectivity index (χ0n) is 13.1. The monoisotopic (exact) mass is 279 g/mol. The van der Waals surface area contributed by atoms with Crippen molar-refractivity contribution >= 4 is 17.8 Å². The van der Waals surface area contributed by atoms with Gasteiger partial charge in [0, 0.05) is 39.8 Å². The minimum atomic E-state index is 0.567. The SMILES string of the molecule is CCNc1nc(N(C)C)nc(N2CCC(N(C)C)C2)n1. The van der Waals surface area contributed by atoms with Crippen LogP contribution in [0.4, 0.5) is 17.8 Å². The van der Waals surface area contributed by atoms with Crippen LogP contribution in [0.3, 0.4) is 0 Å². The third-order valence-corrected chi connectivity index (χ3v) is 3.52. The topological polar surface area (TPSA) is 60.4 Å². The van der Waals surface area contributed by atoms with Gasteiger partial charge in [0.05, 0.1) is 0 Å². The molecule has 2 rings (SSSR count). The van der Waals surface area contributed by atoms with E-state index >= 15 is 0 Å². The Morgan fingerprint density at radius 3 is 2.50 bits per heavy atom. The Morgan fingerprint density at radius 1 is 1.20 bits per heavy atom. The van der Waals surface area contributed by atoms with Gasteiger partial charge in [0.1, 0.15) is 0 Å². The molecule has 1 N–H and O–H groups in total. The maximum absolute atomic E-state index is 4.56. The highest BCUT2D eigenvalue weighted by Gasteiger charge is 2.26. The van der Waals surface area contributed by atoms with E-state index in [-0.39, 0.29) is 0 Å². The molecule has 112 valence electrons. The van der Waals surface area contributed by atoms with Gasteiger partial charge in [-0.05, 0) is 27.4 Å². The summed E-state index contributed by atoms with van der Waals surface area (Å²) in [6, 6.07) is 0.567. The van der Waals surface area contributed by atoms with Crippen LogP contribution in [0, 0.1) is 0 Å². The van der Waals surface area contributed by atoms with Crippen LogP contribution in [0.15, 0.2) is 0 Å². The summed E-state index contributed by atoms with van der Waals surface area (Å²) in [4.78, 5) is 19.9. The summed E-state index contributed by atoms with van der Waals surface area (Å²) in [6.45, 7) is 4.80. The van der Waals surface area contributed by atoms with Gasteiger partial charge in [0.2, 0.25) is 17.8 Å². The molecule has 1 aromatic heterocycles.